The van der Waals surface area contributed by atoms with E-state index in [1.54, 1.807) is 0 Å². The first-order valence-corrected chi connectivity index (χ1v) is 4.27. The minimum absolute atomic E-state index is 0.430. The molecular formula is C9H15NO3. The van der Waals surface area contributed by atoms with E-state index in [9.17, 15) is 4.79 Å². The van der Waals surface area contributed by atoms with Crippen LogP contribution in [0.15, 0.2) is 12.2 Å². The lowest BCUT2D eigenvalue weighted by molar-refractivity contribution is -0.136. The van der Waals surface area contributed by atoms with Crippen molar-refractivity contribution in [2.24, 2.45) is 0 Å². The second kappa shape index (κ2) is 3.79. The topological polar surface area (TPSA) is 38.8 Å². The van der Waals surface area contributed by atoms with E-state index >= 15 is 0 Å². The Morgan fingerprint density at radius 3 is 2.62 bits per heavy atom. The molecule has 0 unspecified atom stereocenters. The van der Waals surface area contributed by atoms with E-state index in [1.807, 2.05) is 32.9 Å². The number of carbonyl (C=O) groups is 1. The number of amides is 1. The van der Waals surface area contributed by atoms with Crippen LogP contribution in [0.25, 0.3) is 0 Å². The summed E-state index contributed by atoms with van der Waals surface area (Å²) >= 11 is 0. The molecule has 4 nitrogen and oxygen atoms in total. The van der Waals surface area contributed by atoms with Crippen molar-refractivity contribution in [3.63, 3.8) is 0 Å². The molecule has 13 heavy (non-hydrogen) atoms. The third-order valence-electron chi connectivity index (χ3n) is 1.36. The molecule has 1 heterocycles. The largest absolute Gasteiger partial charge is 0.442 e. The third kappa shape index (κ3) is 3.46. The molecule has 0 aromatic carbocycles. The first-order chi connectivity index (χ1) is 5.99. The number of carbonyl (C=O) groups excluding carboxylic acids is 1. The Balaban J connectivity index is 2.43. The average Bonchev–Trinajstić information content (AvgIpc) is 2.03. The van der Waals surface area contributed by atoms with Gasteiger partial charge in [0.25, 0.3) is 0 Å². The molecule has 1 aliphatic rings. The molecule has 0 atom stereocenters. The lowest BCUT2D eigenvalue weighted by Gasteiger charge is -2.26. The van der Waals surface area contributed by atoms with Gasteiger partial charge in [-0.3, -0.25) is 4.84 Å². The van der Waals surface area contributed by atoms with Crippen LogP contribution >= 0.6 is 0 Å². The summed E-state index contributed by atoms with van der Waals surface area (Å²) in [5.74, 6) is 0. The number of rotatable bonds is 0. The van der Waals surface area contributed by atoms with E-state index in [0.717, 1.165) is 0 Å². The van der Waals surface area contributed by atoms with E-state index in [4.69, 9.17) is 9.57 Å². The van der Waals surface area contributed by atoms with Gasteiger partial charge >= 0.3 is 6.09 Å². The van der Waals surface area contributed by atoms with Crippen molar-refractivity contribution in [1.29, 1.82) is 0 Å². The Labute approximate surface area is 78.1 Å². The quantitative estimate of drug-likeness (QED) is 0.539. The molecular weight excluding hydrogens is 170 g/mol. The number of hydrogen-bond acceptors (Lipinski definition) is 3. The van der Waals surface area contributed by atoms with Crippen LogP contribution in [-0.2, 0) is 9.57 Å². The maximum absolute atomic E-state index is 11.4. The summed E-state index contributed by atoms with van der Waals surface area (Å²) in [5, 5.41) is 1.21. The minimum atomic E-state index is -0.471. The Hall–Kier alpha value is -1.03. The molecule has 0 radical (unpaired) electrons. The summed E-state index contributed by atoms with van der Waals surface area (Å²) in [4.78, 5) is 16.4. The van der Waals surface area contributed by atoms with E-state index in [1.165, 1.54) is 5.06 Å². The summed E-state index contributed by atoms with van der Waals surface area (Å²) in [5.41, 5.74) is -0.471. The van der Waals surface area contributed by atoms with E-state index in [0.29, 0.717) is 13.2 Å². The highest BCUT2D eigenvalue weighted by molar-refractivity contribution is 5.67. The zero-order chi connectivity index (χ0) is 9.90. The zero-order valence-electron chi connectivity index (χ0n) is 8.24. The van der Waals surface area contributed by atoms with E-state index in [-0.39, 0.29) is 0 Å². The van der Waals surface area contributed by atoms with Gasteiger partial charge in [-0.05, 0) is 20.8 Å². The molecule has 0 saturated heterocycles. The van der Waals surface area contributed by atoms with Gasteiger partial charge in [-0.1, -0.05) is 12.2 Å². The number of ether oxygens (including phenoxy) is 1. The molecule has 4 heteroatoms. The Morgan fingerprint density at radius 1 is 1.46 bits per heavy atom. The fourth-order valence-corrected chi connectivity index (χ4v) is 0.864. The third-order valence-corrected chi connectivity index (χ3v) is 1.36. The second-order valence-corrected chi connectivity index (χ2v) is 3.81. The van der Waals surface area contributed by atoms with Crippen LogP contribution < -0.4 is 0 Å². The summed E-state index contributed by atoms with van der Waals surface area (Å²) in [6.07, 6.45) is 3.30. The first kappa shape index (κ1) is 10.1. The van der Waals surface area contributed by atoms with Gasteiger partial charge in [0, 0.05) is 0 Å². The van der Waals surface area contributed by atoms with Gasteiger partial charge in [0.2, 0.25) is 0 Å². The van der Waals surface area contributed by atoms with Crippen LogP contribution in [0.2, 0.25) is 0 Å². The Bertz CT molecular complexity index is 217. The zero-order valence-corrected chi connectivity index (χ0v) is 8.24. The van der Waals surface area contributed by atoms with Crippen LogP contribution in [0.3, 0.4) is 0 Å². The maximum Gasteiger partial charge on any atom is 0.434 e. The van der Waals surface area contributed by atoms with Crippen molar-refractivity contribution in [1.82, 2.24) is 5.06 Å². The smallest absolute Gasteiger partial charge is 0.434 e. The molecule has 0 aliphatic carbocycles. The highest BCUT2D eigenvalue weighted by Crippen LogP contribution is 2.11. The predicted octanol–water partition coefficient (Wildman–Crippen LogP) is 1.72. The Morgan fingerprint density at radius 2 is 2.15 bits per heavy atom. The van der Waals surface area contributed by atoms with Crippen molar-refractivity contribution in [3.05, 3.63) is 12.2 Å². The summed E-state index contributed by atoms with van der Waals surface area (Å²) in [6, 6.07) is 0. The van der Waals surface area contributed by atoms with Crippen LogP contribution in [0, 0.1) is 0 Å². The standard InChI is InChI=1S/C9H15NO3/c1-9(2,3)13-8(11)10-6-4-5-7-12-10/h4-5H,6-7H2,1-3H3. The van der Waals surface area contributed by atoms with E-state index in [2.05, 4.69) is 0 Å². The van der Waals surface area contributed by atoms with Gasteiger partial charge in [-0.15, -0.1) is 0 Å². The molecule has 0 N–H and O–H groups in total. The van der Waals surface area contributed by atoms with Crippen molar-refractivity contribution in [2.75, 3.05) is 13.2 Å². The van der Waals surface area contributed by atoms with Crippen molar-refractivity contribution in [2.45, 2.75) is 26.4 Å². The first-order valence-electron chi connectivity index (χ1n) is 4.27. The molecule has 0 bridgehead atoms. The fourth-order valence-electron chi connectivity index (χ4n) is 0.864. The second-order valence-electron chi connectivity index (χ2n) is 3.81. The van der Waals surface area contributed by atoms with Crippen molar-refractivity contribution >= 4 is 6.09 Å². The molecule has 0 fully saturated rings. The van der Waals surface area contributed by atoms with Gasteiger partial charge < -0.3 is 4.74 Å². The molecule has 0 aromatic rings. The van der Waals surface area contributed by atoms with Gasteiger partial charge in [0.1, 0.15) is 5.60 Å². The molecule has 74 valence electrons. The lowest BCUT2D eigenvalue weighted by atomic mass is 10.2. The highest BCUT2D eigenvalue weighted by atomic mass is 16.7. The Kier molecular flexibility index (Phi) is 2.93. The average molecular weight is 185 g/mol. The number of hydrogen-bond donors (Lipinski definition) is 0. The fraction of sp³-hybridized carbons (Fsp3) is 0.667. The van der Waals surface area contributed by atoms with Crippen LogP contribution in [0.1, 0.15) is 20.8 Å². The monoisotopic (exact) mass is 185 g/mol. The van der Waals surface area contributed by atoms with E-state index < -0.39 is 11.7 Å². The molecule has 1 amide bonds. The minimum Gasteiger partial charge on any atom is -0.442 e. The SMILES string of the molecule is CC(C)(C)OC(=O)N1CC=CCO1. The maximum atomic E-state index is 11.4. The van der Waals surface area contributed by atoms with Crippen LogP contribution in [-0.4, -0.2) is 29.9 Å². The van der Waals surface area contributed by atoms with Crippen LogP contribution in [0.5, 0.6) is 0 Å². The van der Waals surface area contributed by atoms with Gasteiger partial charge in [0.05, 0.1) is 13.2 Å². The molecule has 0 saturated carbocycles. The van der Waals surface area contributed by atoms with Gasteiger partial charge in [-0.25, -0.2) is 4.79 Å². The van der Waals surface area contributed by atoms with Gasteiger partial charge in [-0.2, -0.15) is 5.06 Å². The molecule has 1 rings (SSSR count). The van der Waals surface area contributed by atoms with Crippen molar-refractivity contribution < 1.29 is 14.4 Å². The molecule has 0 aromatic heterocycles. The van der Waals surface area contributed by atoms with Crippen molar-refractivity contribution in [3.8, 4) is 0 Å². The normalized spacial score (nSPS) is 17.3. The molecule has 0 spiro atoms. The lowest BCUT2D eigenvalue weighted by Crippen LogP contribution is -2.38. The summed E-state index contributed by atoms with van der Waals surface area (Å²) in [7, 11) is 0. The van der Waals surface area contributed by atoms with Gasteiger partial charge in [0.15, 0.2) is 0 Å². The number of nitrogens with zero attached hydrogens (tertiary/aromatic N) is 1. The van der Waals surface area contributed by atoms with Crippen LogP contribution in [0.4, 0.5) is 4.79 Å². The number of hydroxylamine groups is 2. The predicted molar refractivity (Wildman–Crippen MR) is 48.0 cm³/mol. The summed E-state index contributed by atoms with van der Waals surface area (Å²) in [6.45, 7) is 6.36. The summed E-state index contributed by atoms with van der Waals surface area (Å²) < 4.78 is 5.11. The molecule has 1 aliphatic heterocycles. The highest BCUT2D eigenvalue weighted by Gasteiger charge is 2.22.